The summed E-state index contributed by atoms with van der Waals surface area (Å²) in [6.45, 7) is 4.30. The highest BCUT2D eigenvalue weighted by Gasteiger charge is 2.30. The van der Waals surface area contributed by atoms with Crippen molar-refractivity contribution in [2.75, 3.05) is 24.6 Å². The lowest BCUT2D eigenvalue weighted by Crippen LogP contribution is -2.40. The molecule has 0 heterocycles. The molecule has 2 amide bonds. The quantitative estimate of drug-likeness (QED) is 0.777. The summed E-state index contributed by atoms with van der Waals surface area (Å²) in [7, 11) is 0. The Morgan fingerprint density at radius 1 is 1.26 bits per heavy atom. The zero-order chi connectivity index (χ0) is 16.8. The largest absolute Gasteiger partial charge is 0.462 e. The van der Waals surface area contributed by atoms with Crippen molar-refractivity contribution in [3.8, 4) is 0 Å². The molecule has 1 saturated carbocycles. The molecule has 2 rings (SSSR count). The number of ether oxygens (including phenoxy) is 1. The molecule has 0 aliphatic heterocycles. The van der Waals surface area contributed by atoms with Crippen LogP contribution in [-0.2, 0) is 14.3 Å². The summed E-state index contributed by atoms with van der Waals surface area (Å²) in [6.07, 6.45) is 1.80. The van der Waals surface area contributed by atoms with Gasteiger partial charge in [-0.2, -0.15) is 0 Å². The number of carbonyl (C=O) groups is 3. The van der Waals surface area contributed by atoms with E-state index in [0.717, 1.165) is 12.8 Å². The third kappa shape index (κ3) is 4.55. The molecule has 1 aliphatic rings. The van der Waals surface area contributed by atoms with Crippen LogP contribution in [0.25, 0.3) is 0 Å². The second kappa shape index (κ2) is 7.76. The van der Waals surface area contributed by atoms with Gasteiger partial charge in [-0.15, -0.1) is 0 Å². The fourth-order valence-corrected chi connectivity index (χ4v) is 2.27. The van der Waals surface area contributed by atoms with E-state index in [-0.39, 0.29) is 24.3 Å². The van der Waals surface area contributed by atoms with Gasteiger partial charge in [-0.3, -0.25) is 9.59 Å². The number of hydrogen-bond donors (Lipinski definition) is 1. The molecule has 0 spiro atoms. The molecule has 1 aromatic carbocycles. The highest BCUT2D eigenvalue weighted by Crippen LogP contribution is 2.28. The first-order chi connectivity index (χ1) is 11.1. The lowest BCUT2D eigenvalue weighted by molar-refractivity contribution is -0.125. The Labute approximate surface area is 135 Å². The average Bonchev–Trinajstić information content (AvgIpc) is 3.39. The van der Waals surface area contributed by atoms with Gasteiger partial charge in [-0.1, -0.05) is 6.07 Å². The van der Waals surface area contributed by atoms with Crippen molar-refractivity contribution in [3.63, 3.8) is 0 Å². The van der Waals surface area contributed by atoms with Crippen molar-refractivity contribution in [2.45, 2.75) is 26.7 Å². The minimum atomic E-state index is -0.417. The fraction of sp³-hybridized carbons (Fsp3) is 0.471. The Morgan fingerprint density at radius 2 is 2.00 bits per heavy atom. The first-order valence-electron chi connectivity index (χ1n) is 7.92. The van der Waals surface area contributed by atoms with Crippen LogP contribution in [0.2, 0.25) is 0 Å². The average molecular weight is 318 g/mol. The Kier molecular flexibility index (Phi) is 5.73. The van der Waals surface area contributed by atoms with Crippen LogP contribution in [0.15, 0.2) is 24.3 Å². The number of rotatable bonds is 7. The molecule has 0 aromatic heterocycles. The molecule has 0 unspecified atom stereocenters. The number of nitrogens with zero attached hydrogens (tertiary/aromatic N) is 1. The van der Waals surface area contributed by atoms with Crippen molar-refractivity contribution in [1.82, 2.24) is 5.32 Å². The van der Waals surface area contributed by atoms with Crippen molar-refractivity contribution in [3.05, 3.63) is 29.8 Å². The summed E-state index contributed by atoms with van der Waals surface area (Å²) < 4.78 is 4.97. The zero-order valence-corrected chi connectivity index (χ0v) is 13.5. The summed E-state index contributed by atoms with van der Waals surface area (Å²) in [5.74, 6) is -0.609. The third-order valence-electron chi connectivity index (χ3n) is 3.65. The van der Waals surface area contributed by atoms with Crippen LogP contribution in [0.1, 0.15) is 37.0 Å². The molecule has 0 saturated heterocycles. The van der Waals surface area contributed by atoms with Gasteiger partial charge in [0.15, 0.2) is 0 Å². The Morgan fingerprint density at radius 3 is 2.61 bits per heavy atom. The molecule has 1 N–H and O–H groups in total. The van der Waals surface area contributed by atoms with E-state index in [9.17, 15) is 14.4 Å². The number of anilines is 1. The second-order valence-electron chi connectivity index (χ2n) is 5.40. The van der Waals surface area contributed by atoms with E-state index in [1.54, 1.807) is 31.2 Å². The maximum atomic E-state index is 12.3. The molecule has 1 aromatic rings. The molecule has 1 aliphatic carbocycles. The first-order valence-corrected chi connectivity index (χ1v) is 7.92. The normalized spacial score (nSPS) is 13.3. The molecule has 1 fully saturated rings. The lowest BCUT2D eigenvalue weighted by Gasteiger charge is -2.21. The van der Waals surface area contributed by atoms with E-state index in [4.69, 9.17) is 4.74 Å². The number of hydrogen-bond acceptors (Lipinski definition) is 4. The number of carbonyl (C=O) groups excluding carboxylic acids is 3. The zero-order valence-electron chi connectivity index (χ0n) is 13.5. The topological polar surface area (TPSA) is 75.7 Å². The van der Waals surface area contributed by atoms with Gasteiger partial charge < -0.3 is 15.0 Å². The second-order valence-corrected chi connectivity index (χ2v) is 5.40. The predicted molar refractivity (Wildman–Crippen MR) is 86.2 cm³/mol. The maximum Gasteiger partial charge on any atom is 0.338 e. The van der Waals surface area contributed by atoms with Crippen LogP contribution < -0.4 is 10.2 Å². The van der Waals surface area contributed by atoms with E-state index >= 15 is 0 Å². The van der Waals surface area contributed by atoms with Gasteiger partial charge in [0.1, 0.15) is 0 Å². The predicted octanol–water partition coefficient (Wildman–Crippen LogP) is 1.74. The summed E-state index contributed by atoms with van der Waals surface area (Å²) in [4.78, 5) is 37.3. The first kappa shape index (κ1) is 17.0. The molecule has 0 atom stereocenters. The molecule has 23 heavy (non-hydrogen) atoms. The Hall–Kier alpha value is -2.37. The smallest absolute Gasteiger partial charge is 0.338 e. The van der Waals surface area contributed by atoms with Gasteiger partial charge >= 0.3 is 5.97 Å². The number of benzene rings is 1. The van der Waals surface area contributed by atoms with Crippen LogP contribution in [-0.4, -0.2) is 37.5 Å². The highest BCUT2D eigenvalue weighted by molar-refractivity contribution is 5.98. The molecule has 6 nitrogen and oxygen atoms in total. The monoisotopic (exact) mass is 318 g/mol. The fourth-order valence-electron chi connectivity index (χ4n) is 2.27. The van der Waals surface area contributed by atoms with Gasteiger partial charge in [-0.05, 0) is 44.9 Å². The molecule has 0 radical (unpaired) electrons. The van der Waals surface area contributed by atoms with Gasteiger partial charge in [-0.25, -0.2) is 4.79 Å². The van der Waals surface area contributed by atoms with Crippen LogP contribution >= 0.6 is 0 Å². The van der Waals surface area contributed by atoms with E-state index in [1.165, 1.54) is 4.90 Å². The molecule has 124 valence electrons. The highest BCUT2D eigenvalue weighted by atomic mass is 16.5. The van der Waals surface area contributed by atoms with Crippen molar-refractivity contribution in [2.24, 2.45) is 5.92 Å². The summed E-state index contributed by atoms with van der Waals surface area (Å²) >= 11 is 0. The van der Waals surface area contributed by atoms with Gasteiger partial charge in [0.2, 0.25) is 11.8 Å². The van der Waals surface area contributed by atoms with Crippen LogP contribution in [0.4, 0.5) is 5.69 Å². The molecule has 0 bridgehead atoms. The Bertz CT molecular complexity index is 596. The summed E-state index contributed by atoms with van der Waals surface area (Å²) in [5.41, 5.74) is 1.02. The number of amides is 2. The number of likely N-dealkylation sites (N-methyl/N-ethyl adjacent to an activating group) is 1. The summed E-state index contributed by atoms with van der Waals surface area (Å²) in [6, 6.07) is 6.74. The summed E-state index contributed by atoms with van der Waals surface area (Å²) in [5, 5.41) is 2.66. The molecular formula is C17H22N2O4. The minimum absolute atomic E-state index is 0.0349. The van der Waals surface area contributed by atoms with Crippen molar-refractivity contribution in [1.29, 1.82) is 0 Å². The Balaban J connectivity index is 2.03. The van der Waals surface area contributed by atoms with Crippen LogP contribution in [0.5, 0.6) is 0 Å². The molecule has 6 heteroatoms. The SMILES string of the molecule is CCOC(=O)c1cccc(N(CC)C(=O)CNC(=O)C2CC2)c1. The van der Waals surface area contributed by atoms with Gasteiger partial charge in [0, 0.05) is 18.2 Å². The molecular weight excluding hydrogens is 296 g/mol. The van der Waals surface area contributed by atoms with E-state index < -0.39 is 5.97 Å². The van der Waals surface area contributed by atoms with Crippen LogP contribution in [0, 0.1) is 5.92 Å². The third-order valence-corrected chi connectivity index (χ3v) is 3.65. The lowest BCUT2D eigenvalue weighted by atomic mass is 10.2. The van der Waals surface area contributed by atoms with Gasteiger partial charge in [0.05, 0.1) is 18.7 Å². The van der Waals surface area contributed by atoms with Gasteiger partial charge in [0.25, 0.3) is 0 Å². The van der Waals surface area contributed by atoms with E-state index in [0.29, 0.717) is 24.4 Å². The van der Waals surface area contributed by atoms with Crippen LogP contribution in [0.3, 0.4) is 0 Å². The van der Waals surface area contributed by atoms with E-state index in [1.807, 2.05) is 6.92 Å². The minimum Gasteiger partial charge on any atom is -0.462 e. The van der Waals surface area contributed by atoms with Crippen molar-refractivity contribution < 1.29 is 19.1 Å². The maximum absolute atomic E-state index is 12.3. The van der Waals surface area contributed by atoms with Crippen molar-refractivity contribution >= 4 is 23.5 Å². The van der Waals surface area contributed by atoms with E-state index in [2.05, 4.69) is 5.32 Å². The standard InChI is InChI=1S/C17H22N2O4/c1-3-19(15(20)11-18-16(21)12-8-9-12)14-7-5-6-13(10-14)17(22)23-4-2/h5-7,10,12H,3-4,8-9,11H2,1-2H3,(H,18,21). The number of esters is 1. The number of nitrogens with one attached hydrogen (secondary N) is 1.